The molecule has 1 aliphatic heterocycles. The normalized spacial score (nSPS) is 26.4. The van der Waals surface area contributed by atoms with Crippen LogP contribution in [0, 0.1) is 5.82 Å². The number of piperazine rings is 1. The zero-order chi connectivity index (χ0) is 13.3. The van der Waals surface area contributed by atoms with Gasteiger partial charge in [0.05, 0.1) is 0 Å². The van der Waals surface area contributed by atoms with Crippen LogP contribution in [0.1, 0.15) is 19.4 Å². The molecule has 1 aromatic rings. The zero-order valence-corrected chi connectivity index (χ0v) is 11.2. The summed E-state index contributed by atoms with van der Waals surface area (Å²) in [5.41, 5.74) is 0.666. The van der Waals surface area contributed by atoms with Gasteiger partial charge in [0.1, 0.15) is 0 Å². The molecule has 2 unspecified atom stereocenters. The SMILES string of the molecule is CC1CN(Cc2cccc(F)c2O)CC(C)N1C. The maximum Gasteiger partial charge on any atom is 0.165 e. The molecule has 1 saturated heterocycles. The van der Waals surface area contributed by atoms with Gasteiger partial charge < -0.3 is 5.11 Å². The van der Waals surface area contributed by atoms with E-state index in [2.05, 4.69) is 30.7 Å². The average Bonchev–Trinajstić information content (AvgIpc) is 2.32. The monoisotopic (exact) mass is 252 g/mol. The number of hydrogen-bond acceptors (Lipinski definition) is 3. The van der Waals surface area contributed by atoms with Gasteiger partial charge in [-0.1, -0.05) is 12.1 Å². The Balaban J connectivity index is 2.08. The van der Waals surface area contributed by atoms with Crippen molar-refractivity contribution in [2.75, 3.05) is 20.1 Å². The molecule has 1 fully saturated rings. The standard InChI is InChI=1S/C14H21FN2O/c1-10-7-17(8-11(2)16(10)3)9-12-5-4-6-13(15)14(12)18/h4-6,10-11,18H,7-9H2,1-3H3. The van der Waals surface area contributed by atoms with Crippen molar-refractivity contribution in [2.45, 2.75) is 32.5 Å². The Morgan fingerprint density at radius 1 is 1.28 bits per heavy atom. The maximum atomic E-state index is 13.3. The Labute approximate surface area is 108 Å². The lowest BCUT2D eigenvalue weighted by molar-refractivity contribution is 0.0551. The lowest BCUT2D eigenvalue weighted by atomic mass is 10.1. The summed E-state index contributed by atoms with van der Waals surface area (Å²) in [7, 11) is 2.13. The summed E-state index contributed by atoms with van der Waals surface area (Å²) in [5.74, 6) is -0.751. The van der Waals surface area contributed by atoms with Gasteiger partial charge in [0, 0.05) is 37.3 Å². The minimum Gasteiger partial charge on any atom is -0.505 e. The number of likely N-dealkylation sites (N-methyl/N-ethyl adjacent to an activating group) is 1. The molecule has 1 N–H and O–H groups in total. The van der Waals surface area contributed by atoms with Crippen LogP contribution in [0.4, 0.5) is 4.39 Å². The largest absolute Gasteiger partial charge is 0.505 e. The highest BCUT2D eigenvalue weighted by Crippen LogP contribution is 2.24. The first kappa shape index (κ1) is 13.3. The third-order valence-electron chi connectivity index (χ3n) is 3.90. The van der Waals surface area contributed by atoms with E-state index in [-0.39, 0.29) is 5.75 Å². The highest BCUT2D eigenvalue weighted by atomic mass is 19.1. The van der Waals surface area contributed by atoms with Gasteiger partial charge in [-0.25, -0.2) is 4.39 Å². The van der Waals surface area contributed by atoms with Crippen LogP contribution in [-0.4, -0.2) is 47.1 Å². The highest BCUT2D eigenvalue weighted by molar-refractivity contribution is 5.33. The molecule has 0 spiro atoms. The fourth-order valence-corrected chi connectivity index (χ4v) is 2.57. The van der Waals surface area contributed by atoms with E-state index in [4.69, 9.17) is 0 Å². The summed E-state index contributed by atoms with van der Waals surface area (Å²) in [6, 6.07) is 5.67. The van der Waals surface area contributed by atoms with Crippen LogP contribution < -0.4 is 0 Å². The predicted molar refractivity (Wildman–Crippen MR) is 70.0 cm³/mol. The molecule has 3 nitrogen and oxygen atoms in total. The van der Waals surface area contributed by atoms with E-state index < -0.39 is 5.82 Å². The number of benzene rings is 1. The number of rotatable bonds is 2. The van der Waals surface area contributed by atoms with E-state index >= 15 is 0 Å². The van der Waals surface area contributed by atoms with E-state index in [1.807, 2.05) is 0 Å². The molecule has 1 aliphatic rings. The van der Waals surface area contributed by atoms with Crippen molar-refractivity contribution in [3.8, 4) is 5.75 Å². The molecule has 2 atom stereocenters. The average molecular weight is 252 g/mol. The molecule has 1 aromatic carbocycles. The number of aromatic hydroxyl groups is 1. The number of phenols is 1. The smallest absolute Gasteiger partial charge is 0.165 e. The predicted octanol–water partition coefficient (Wildman–Crippen LogP) is 2.06. The Hall–Kier alpha value is -1.13. The van der Waals surface area contributed by atoms with E-state index in [1.54, 1.807) is 12.1 Å². The van der Waals surface area contributed by atoms with Crippen LogP contribution in [-0.2, 0) is 6.54 Å². The quantitative estimate of drug-likeness (QED) is 0.872. The second-order valence-corrected chi connectivity index (χ2v) is 5.31. The van der Waals surface area contributed by atoms with Gasteiger partial charge in [-0.15, -0.1) is 0 Å². The molecule has 2 rings (SSSR count). The molecule has 100 valence electrons. The van der Waals surface area contributed by atoms with E-state index in [1.165, 1.54) is 6.07 Å². The first-order chi connectivity index (χ1) is 8.49. The Morgan fingerprint density at radius 2 is 1.89 bits per heavy atom. The fourth-order valence-electron chi connectivity index (χ4n) is 2.57. The van der Waals surface area contributed by atoms with Gasteiger partial charge >= 0.3 is 0 Å². The lowest BCUT2D eigenvalue weighted by Crippen LogP contribution is -2.54. The summed E-state index contributed by atoms with van der Waals surface area (Å²) in [6.07, 6.45) is 0. The van der Waals surface area contributed by atoms with Crippen LogP contribution in [0.2, 0.25) is 0 Å². The van der Waals surface area contributed by atoms with Crippen molar-refractivity contribution in [2.24, 2.45) is 0 Å². The topological polar surface area (TPSA) is 26.7 Å². The molecular weight excluding hydrogens is 231 g/mol. The Kier molecular flexibility index (Phi) is 3.88. The highest BCUT2D eigenvalue weighted by Gasteiger charge is 2.26. The molecule has 18 heavy (non-hydrogen) atoms. The maximum absolute atomic E-state index is 13.3. The summed E-state index contributed by atoms with van der Waals surface area (Å²) in [4.78, 5) is 4.62. The molecule has 0 amide bonds. The van der Waals surface area contributed by atoms with Crippen molar-refractivity contribution in [3.05, 3.63) is 29.6 Å². The Bertz CT molecular complexity index is 412. The Morgan fingerprint density at radius 3 is 2.50 bits per heavy atom. The van der Waals surface area contributed by atoms with Crippen LogP contribution in [0.25, 0.3) is 0 Å². The van der Waals surface area contributed by atoms with Gasteiger partial charge in [-0.05, 0) is 27.0 Å². The van der Waals surface area contributed by atoms with Gasteiger partial charge in [-0.3, -0.25) is 9.80 Å². The molecule has 4 heteroatoms. The van der Waals surface area contributed by atoms with Crippen LogP contribution >= 0.6 is 0 Å². The van der Waals surface area contributed by atoms with Crippen molar-refractivity contribution in [3.63, 3.8) is 0 Å². The first-order valence-corrected chi connectivity index (χ1v) is 6.39. The zero-order valence-electron chi connectivity index (χ0n) is 11.2. The number of para-hydroxylation sites is 1. The molecular formula is C14H21FN2O. The fraction of sp³-hybridized carbons (Fsp3) is 0.571. The third kappa shape index (κ3) is 2.65. The number of halogens is 1. The third-order valence-corrected chi connectivity index (χ3v) is 3.90. The van der Waals surface area contributed by atoms with E-state index in [9.17, 15) is 9.50 Å². The number of phenolic OH excluding ortho intramolecular Hbond substituents is 1. The van der Waals surface area contributed by atoms with Crippen LogP contribution in [0.5, 0.6) is 5.75 Å². The second kappa shape index (κ2) is 5.24. The van der Waals surface area contributed by atoms with Crippen LogP contribution in [0.15, 0.2) is 18.2 Å². The summed E-state index contributed by atoms with van der Waals surface area (Å²) >= 11 is 0. The van der Waals surface area contributed by atoms with E-state index in [0.717, 1.165) is 13.1 Å². The summed E-state index contributed by atoms with van der Waals surface area (Å²) in [6.45, 7) is 6.86. The van der Waals surface area contributed by atoms with Crippen LogP contribution in [0.3, 0.4) is 0 Å². The minimum atomic E-state index is -0.539. The van der Waals surface area contributed by atoms with Gasteiger partial charge in [0.2, 0.25) is 0 Å². The molecule has 0 aromatic heterocycles. The first-order valence-electron chi connectivity index (χ1n) is 6.39. The van der Waals surface area contributed by atoms with Crippen molar-refractivity contribution in [1.82, 2.24) is 9.80 Å². The van der Waals surface area contributed by atoms with Crippen molar-refractivity contribution < 1.29 is 9.50 Å². The molecule has 0 saturated carbocycles. The van der Waals surface area contributed by atoms with Crippen molar-refractivity contribution in [1.29, 1.82) is 0 Å². The van der Waals surface area contributed by atoms with Gasteiger partial charge in [0.15, 0.2) is 11.6 Å². The lowest BCUT2D eigenvalue weighted by Gasteiger charge is -2.42. The minimum absolute atomic E-state index is 0.211. The summed E-state index contributed by atoms with van der Waals surface area (Å²) in [5, 5.41) is 9.70. The number of hydrogen-bond donors (Lipinski definition) is 1. The second-order valence-electron chi connectivity index (χ2n) is 5.31. The number of nitrogens with zero attached hydrogens (tertiary/aromatic N) is 2. The molecule has 0 bridgehead atoms. The van der Waals surface area contributed by atoms with E-state index in [0.29, 0.717) is 24.2 Å². The molecule has 0 aliphatic carbocycles. The van der Waals surface area contributed by atoms with Gasteiger partial charge in [-0.2, -0.15) is 0 Å². The van der Waals surface area contributed by atoms with Gasteiger partial charge in [0.25, 0.3) is 0 Å². The van der Waals surface area contributed by atoms with Crippen molar-refractivity contribution >= 4 is 0 Å². The molecule has 1 heterocycles. The summed E-state index contributed by atoms with van der Waals surface area (Å²) < 4.78 is 13.3. The molecule has 0 radical (unpaired) electrons.